The third-order valence-electron chi connectivity index (χ3n) is 3.16. The predicted molar refractivity (Wildman–Crippen MR) is 73.4 cm³/mol. The minimum Gasteiger partial charge on any atom is -0.299 e. The number of imide groups is 1. The van der Waals surface area contributed by atoms with E-state index in [4.69, 9.17) is 0 Å². The van der Waals surface area contributed by atoms with Crippen LogP contribution in [0.4, 0.5) is 0 Å². The van der Waals surface area contributed by atoms with Crippen molar-refractivity contribution in [2.24, 2.45) is 0 Å². The topological polar surface area (TPSA) is 80.5 Å². The molecule has 6 nitrogen and oxygen atoms in total. The number of carbonyl (C=O) groups is 2. The van der Waals surface area contributed by atoms with Gasteiger partial charge in [0.25, 0.3) is 5.56 Å². The number of rotatable bonds is 4. The molecule has 6 heteroatoms. The van der Waals surface area contributed by atoms with Crippen molar-refractivity contribution in [3.63, 3.8) is 0 Å². The number of aromatic nitrogens is 2. The fourth-order valence-corrected chi connectivity index (χ4v) is 2.29. The van der Waals surface area contributed by atoms with E-state index in [-0.39, 0.29) is 17.9 Å². The van der Waals surface area contributed by atoms with Gasteiger partial charge in [0.15, 0.2) is 0 Å². The van der Waals surface area contributed by atoms with Crippen LogP contribution in [-0.2, 0) is 9.59 Å². The van der Waals surface area contributed by atoms with Gasteiger partial charge in [-0.15, -0.1) is 0 Å². The van der Waals surface area contributed by atoms with Gasteiger partial charge >= 0.3 is 0 Å². The summed E-state index contributed by atoms with van der Waals surface area (Å²) in [5.41, 5.74) is 1.49. The summed E-state index contributed by atoms with van der Waals surface area (Å²) >= 11 is 0. The number of pyridine rings is 1. The highest BCUT2D eigenvalue weighted by Gasteiger charge is 2.18. The molecule has 0 aliphatic carbocycles. The average molecular weight is 273 g/mol. The maximum atomic E-state index is 12.5. The summed E-state index contributed by atoms with van der Waals surface area (Å²) in [5.74, 6) is -0.725. The Morgan fingerprint density at radius 3 is 2.95 bits per heavy atom. The SMILES string of the molecule is Cc1nc2ccccn2c(=O)c1C(C)CC(=O)NC=O. The molecular formula is C14H15N3O3. The predicted octanol–water partition coefficient (Wildman–Crippen LogP) is 0.769. The summed E-state index contributed by atoms with van der Waals surface area (Å²) in [7, 11) is 0. The molecule has 1 atom stereocenters. The molecule has 2 heterocycles. The van der Waals surface area contributed by atoms with Crippen LogP contribution in [0.2, 0.25) is 0 Å². The van der Waals surface area contributed by atoms with E-state index in [1.807, 2.05) is 6.07 Å². The van der Waals surface area contributed by atoms with Gasteiger partial charge in [0.2, 0.25) is 12.3 Å². The number of nitrogens with one attached hydrogen (secondary N) is 1. The molecule has 0 bridgehead atoms. The molecule has 0 aliphatic rings. The highest BCUT2D eigenvalue weighted by molar-refractivity contribution is 5.86. The minimum atomic E-state index is -0.413. The summed E-state index contributed by atoms with van der Waals surface area (Å²) in [6.45, 7) is 3.52. The van der Waals surface area contributed by atoms with E-state index in [2.05, 4.69) is 10.3 Å². The second-order valence-corrected chi connectivity index (χ2v) is 4.64. The Hall–Kier alpha value is -2.50. The van der Waals surface area contributed by atoms with Gasteiger partial charge in [0, 0.05) is 23.9 Å². The van der Waals surface area contributed by atoms with Crippen molar-refractivity contribution in [3.05, 3.63) is 46.0 Å². The van der Waals surface area contributed by atoms with Crippen LogP contribution in [0.15, 0.2) is 29.2 Å². The van der Waals surface area contributed by atoms with E-state index in [1.165, 1.54) is 4.40 Å². The molecule has 0 saturated carbocycles. The number of fused-ring (bicyclic) bond motifs is 1. The third-order valence-corrected chi connectivity index (χ3v) is 3.16. The van der Waals surface area contributed by atoms with E-state index in [1.54, 1.807) is 32.2 Å². The molecule has 2 aromatic rings. The summed E-state index contributed by atoms with van der Waals surface area (Å²) in [5, 5.41) is 2.07. The van der Waals surface area contributed by atoms with Crippen molar-refractivity contribution in [1.82, 2.24) is 14.7 Å². The molecule has 20 heavy (non-hydrogen) atoms. The normalized spacial score (nSPS) is 12.1. The van der Waals surface area contributed by atoms with Crippen LogP contribution < -0.4 is 10.9 Å². The zero-order valence-electron chi connectivity index (χ0n) is 11.3. The Balaban J connectivity index is 2.46. The molecule has 2 rings (SSSR count). The average Bonchev–Trinajstić information content (AvgIpc) is 2.38. The largest absolute Gasteiger partial charge is 0.299 e. The van der Waals surface area contributed by atoms with E-state index in [9.17, 15) is 14.4 Å². The molecule has 0 radical (unpaired) electrons. The third kappa shape index (κ3) is 2.59. The molecule has 2 amide bonds. The molecule has 104 valence electrons. The Morgan fingerprint density at radius 2 is 2.25 bits per heavy atom. The fraction of sp³-hybridized carbons (Fsp3) is 0.286. The van der Waals surface area contributed by atoms with Crippen molar-refractivity contribution in [3.8, 4) is 0 Å². The van der Waals surface area contributed by atoms with E-state index >= 15 is 0 Å². The lowest BCUT2D eigenvalue weighted by atomic mass is 9.97. The van der Waals surface area contributed by atoms with E-state index in [0.717, 1.165) is 0 Å². The van der Waals surface area contributed by atoms with Crippen LogP contribution in [0.5, 0.6) is 0 Å². The van der Waals surface area contributed by atoms with Crippen LogP contribution in [0.1, 0.15) is 30.5 Å². The number of hydrogen-bond acceptors (Lipinski definition) is 4. The number of carbonyl (C=O) groups excluding carboxylic acids is 2. The van der Waals surface area contributed by atoms with E-state index < -0.39 is 5.91 Å². The Bertz CT molecular complexity index is 721. The quantitative estimate of drug-likeness (QED) is 0.834. The van der Waals surface area contributed by atoms with Crippen LogP contribution in [0.25, 0.3) is 5.65 Å². The Labute approximate surface area is 115 Å². The highest BCUT2D eigenvalue weighted by Crippen LogP contribution is 2.18. The van der Waals surface area contributed by atoms with Crippen LogP contribution >= 0.6 is 0 Å². The lowest BCUT2D eigenvalue weighted by Gasteiger charge is -2.13. The number of amides is 2. The van der Waals surface area contributed by atoms with Crippen molar-refractivity contribution < 1.29 is 9.59 Å². The monoisotopic (exact) mass is 273 g/mol. The summed E-state index contributed by atoms with van der Waals surface area (Å²) in [4.78, 5) is 38.5. The zero-order chi connectivity index (χ0) is 14.7. The van der Waals surface area contributed by atoms with Gasteiger partial charge in [-0.3, -0.25) is 24.1 Å². The van der Waals surface area contributed by atoms with Gasteiger partial charge in [-0.1, -0.05) is 13.0 Å². The second kappa shape index (κ2) is 5.64. The van der Waals surface area contributed by atoms with Gasteiger partial charge in [0.1, 0.15) is 5.65 Å². The number of nitrogens with zero attached hydrogens (tertiary/aromatic N) is 2. The lowest BCUT2D eigenvalue weighted by molar-refractivity contribution is -0.125. The molecule has 0 saturated heterocycles. The van der Waals surface area contributed by atoms with Gasteiger partial charge in [-0.2, -0.15) is 0 Å². The van der Waals surface area contributed by atoms with Gasteiger partial charge in [0.05, 0.1) is 0 Å². The van der Waals surface area contributed by atoms with Crippen molar-refractivity contribution in [1.29, 1.82) is 0 Å². The maximum absolute atomic E-state index is 12.5. The molecule has 0 aliphatic heterocycles. The summed E-state index contributed by atoms with van der Waals surface area (Å²) in [6.07, 6.45) is 2.05. The highest BCUT2D eigenvalue weighted by atomic mass is 16.2. The number of hydrogen-bond donors (Lipinski definition) is 1. The standard InChI is InChI=1S/C14H15N3O3/c1-9(7-12(19)15-8-18)13-10(2)16-11-5-3-4-6-17(11)14(13)20/h3-6,8-9H,7H2,1-2H3,(H,15,18,19). The first-order chi connectivity index (χ1) is 9.54. The van der Waals surface area contributed by atoms with Crippen LogP contribution in [-0.4, -0.2) is 21.7 Å². The van der Waals surface area contributed by atoms with Crippen molar-refractivity contribution >= 4 is 18.0 Å². The first kappa shape index (κ1) is 13.9. The maximum Gasteiger partial charge on any atom is 0.261 e. The molecule has 2 aromatic heterocycles. The van der Waals surface area contributed by atoms with Crippen molar-refractivity contribution in [2.45, 2.75) is 26.2 Å². The molecule has 1 unspecified atom stereocenters. The van der Waals surface area contributed by atoms with E-state index in [0.29, 0.717) is 23.3 Å². The molecule has 0 spiro atoms. The summed E-state index contributed by atoms with van der Waals surface area (Å²) in [6, 6.07) is 5.31. The first-order valence-electron chi connectivity index (χ1n) is 6.25. The van der Waals surface area contributed by atoms with Gasteiger partial charge in [-0.05, 0) is 25.0 Å². The van der Waals surface area contributed by atoms with Crippen molar-refractivity contribution in [2.75, 3.05) is 0 Å². The molecule has 1 N–H and O–H groups in total. The van der Waals surface area contributed by atoms with Crippen LogP contribution in [0, 0.1) is 6.92 Å². The van der Waals surface area contributed by atoms with Gasteiger partial charge < -0.3 is 0 Å². The Kier molecular flexibility index (Phi) is 3.93. The Morgan fingerprint density at radius 1 is 1.50 bits per heavy atom. The molecule has 0 fully saturated rings. The molecular weight excluding hydrogens is 258 g/mol. The van der Waals surface area contributed by atoms with Crippen LogP contribution in [0.3, 0.4) is 0 Å². The lowest BCUT2D eigenvalue weighted by Crippen LogP contribution is -2.27. The minimum absolute atomic E-state index is 0.0649. The smallest absolute Gasteiger partial charge is 0.261 e. The number of aryl methyl sites for hydroxylation is 1. The molecule has 0 aromatic carbocycles. The fourth-order valence-electron chi connectivity index (χ4n) is 2.29. The zero-order valence-corrected chi connectivity index (χ0v) is 11.3. The first-order valence-corrected chi connectivity index (χ1v) is 6.25. The van der Waals surface area contributed by atoms with Gasteiger partial charge in [-0.25, -0.2) is 4.98 Å². The summed E-state index contributed by atoms with van der Waals surface area (Å²) < 4.78 is 1.45. The second-order valence-electron chi connectivity index (χ2n) is 4.64.